The van der Waals surface area contributed by atoms with Crippen molar-refractivity contribution in [3.8, 4) is 0 Å². The van der Waals surface area contributed by atoms with Crippen molar-refractivity contribution >= 4 is 5.91 Å². The van der Waals surface area contributed by atoms with E-state index in [1.165, 1.54) is 0 Å². The topological polar surface area (TPSA) is 79.5 Å². The third kappa shape index (κ3) is 3.34. The molecule has 2 heterocycles. The summed E-state index contributed by atoms with van der Waals surface area (Å²) in [5.41, 5.74) is -0.420. The van der Waals surface area contributed by atoms with Crippen LogP contribution in [0.2, 0.25) is 0 Å². The van der Waals surface area contributed by atoms with Crippen LogP contribution in [0.1, 0.15) is 63.2 Å². The number of nitrogens with zero attached hydrogens (tertiary/aromatic N) is 3. The molecule has 6 nitrogen and oxygen atoms in total. The molecule has 0 radical (unpaired) electrons. The molecule has 1 amide bonds. The molecule has 1 N–H and O–H groups in total. The molecule has 1 aromatic heterocycles. The average Bonchev–Trinajstić information content (AvgIpc) is 3.36. The largest absolute Gasteiger partial charge is 0.380 e. The third-order valence-corrected chi connectivity index (χ3v) is 6.45. The van der Waals surface area contributed by atoms with E-state index in [4.69, 9.17) is 9.51 Å². The minimum Gasteiger partial charge on any atom is -0.380 e. The van der Waals surface area contributed by atoms with Crippen molar-refractivity contribution in [2.75, 3.05) is 13.1 Å². The Hall–Kier alpha value is -2.21. The summed E-state index contributed by atoms with van der Waals surface area (Å²) in [6, 6.07) is 10.1. The van der Waals surface area contributed by atoms with E-state index in [1.807, 2.05) is 30.0 Å². The minimum atomic E-state index is -1.30. The van der Waals surface area contributed by atoms with Crippen LogP contribution < -0.4 is 0 Å². The molecule has 0 bridgehead atoms. The number of carbonyl (C=O) groups is 1. The van der Waals surface area contributed by atoms with Gasteiger partial charge in [0, 0.05) is 19.5 Å². The number of aromatic nitrogens is 2. The lowest BCUT2D eigenvalue weighted by molar-refractivity contribution is -0.149. The lowest BCUT2D eigenvalue weighted by Crippen LogP contribution is -2.47. The molecule has 3 atom stereocenters. The number of carbonyl (C=O) groups excluding carboxylic acids is 1. The predicted octanol–water partition coefficient (Wildman–Crippen LogP) is 3.09. The van der Waals surface area contributed by atoms with Gasteiger partial charge in [0.05, 0.1) is 5.41 Å². The summed E-state index contributed by atoms with van der Waals surface area (Å²) in [6.45, 7) is 4.83. The number of benzene rings is 1. The van der Waals surface area contributed by atoms with Crippen LogP contribution in [0.25, 0.3) is 0 Å². The van der Waals surface area contributed by atoms with E-state index < -0.39 is 5.60 Å². The van der Waals surface area contributed by atoms with Gasteiger partial charge in [-0.05, 0) is 37.7 Å². The molecular formula is C22H29N3O3. The van der Waals surface area contributed by atoms with E-state index in [2.05, 4.69) is 17.3 Å². The van der Waals surface area contributed by atoms with E-state index in [-0.39, 0.29) is 11.3 Å². The fourth-order valence-electron chi connectivity index (χ4n) is 5.03. The standard InChI is InChI=1S/C22H29N3O3/c1-3-11-21(2,27)20(26)25-14-17-10-7-12-22(17,15-25)19-23-18(24-28-19)13-16-8-5-4-6-9-16/h4-6,8-9,17,27H,3,7,10-15H2,1-2H3/t17-,21?,22-/m1/s1. The highest BCUT2D eigenvalue weighted by Crippen LogP contribution is 2.50. The van der Waals surface area contributed by atoms with Gasteiger partial charge in [0.2, 0.25) is 5.89 Å². The number of hydrogen-bond acceptors (Lipinski definition) is 5. The highest BCUT2D eigenvalue weighted by molar-refractivity contribution is 5.85. The van der Waals surface area contributed by atoms with Crippen molar-refractivity contribution in [3.63, 3.8) is 0 Å². The van der Waals surface area contributed by atoms with Crippen molar-refractivity contribution in [1.82, 2.24) is 15.0 Å². The van der Waals surface area contributed by atoms with Gasteiger partial charge >= 0.3 is 0 Å². The number of hydrogen-bond donors (Lipinski definition) is 1. The van der Waals surface area contributed by atoms with E-state index in [0.29, 0.717) is 43.6 Å². The van der Waals surface area contributed by atoms with Gasteiger partial charge in [0.1, 0.15) is 5.60 Å². The van der Waals surface area contributed by atoms with Crippen molar-refractivity contribution in [1.29, 1.82) is 0 Å². The molecule has 4 rings (SSSR count). The lowest BCUT2D eigenvalue weighted by atomic mass is 9.80. The van der Waals surface area contributed by atoms with Gasteiger partial charge in [-0.15, -0.1) is 0 Å². The van der Waals surface area contributed by atoms with Gasteiger partial charge < -0.3 is 14.5 Å². The van der Waals surface area contributed by atoms with Crippen LogP contribution in [0.15, 0.2) is 34.9 Å². The minimum absolute atomic E-state index is 0.174. The zero-order valence-electron chi connectivity index (χ0n) is 16.7. The quantitative estimate of drug-likeness (QED) is 0.829. The summed E-state index contributed by atoms with van der Waals surface area (Å²) in [5.74, 6) is 1.49. The van der Waals surface area contributed by atoms with Gasteiger partial charge in [-0.2, -0.15) is 4.98 Å². The number of rotatable bonds is 6. The Labute approximate surface area is 165 Å². The summed E-state index contributed by atoms with van der Waals surface area (Å²) < 4.78 is 5.73. The maximum Gasteiger partial charge on any atom is 0.254 e. The van der Waals surface area contributed by atoms with Crippen LogP contribution in [0.5, 0.6) is 0 Å². The van der Waals surface area contributed by atoms with Crippen LogP contribution >= 0.6 is 0 Å². The molecule has 1 aliphatic carbocycles. The highest BCUT2D eigenvalue weighted by Gasteiger charge is 2.56. The molecule has 2 aliphatic rings. The molecule has 1 aromatic carbocycles. The second-order valence-corrected chi connectivity index (χ2v) is 8.63. The first-order valence-electron chi connectivity index (χ1n) is 10.3. The third-order valence-electron chi connectivity index (χ3n) is 6.45. The van der Waals surface area contributed by atoms with Crippen LogP contribution in [-0.4, -0.2) is 44.7 Å². The number of likely N-dealkylation sites (tertiary alicyclic amines) is 1. The summed E-state index contributed by atoms with van der Waals surface area (Å²) >= 11 is 0. The Morgan fingerprint density at radius 1 is 1.39 bits per heavy atom. The van der Waals surface area contributed by atoms with Gasteiger partial charge in [-0.25, -0.2) is 0 Å². The first-order valence-corrected chi connectivity index (χ1v) is 10.3. The zero-order valence-corrected chi connectivity index (χ0v) is 16.7. The molecule has 2 fully saturated rings. The maximum absolute atomic E-state index is 12.9. The second-order valence-electron chi connectivity index (χ2n) is 8.63. The second kappa shape index (κ2) is 7.32. The Morgan fingerprint density at radius 3 is 2.93 bits per heavy atom. The molecule has 1 saturated heterocycles. The fraction of sp³-hybridized carbons (Fsp3) is 0.591. The average molecular weight is 383 g/mol. The fourth-order valence-corrected chi connectivity index (χ4v) is 5.03. The molecule has 150 valence electrons. The highest BCUT2D eigenvalue weighted by atomic mass is 16.5. The number of fused-ring (bicyclic) bond motifs is 1. The van der Waals surface area contributed by atoms with Crippen molar-refractivity contribution in [2.24, 2.45) is 5.92 Å². The smallest absolute Gasteiger partial charge is 0.254 e. The summed E-state index contributed by atoms with van der Waals surface area (Å²) in [6.07, 6.45) is 4.99. The van der Waals surface area contributed by atoms with E-state index in [1.54, 1.807) is 6.92 Å². The molecule has 1 unspecified atom stereocenters. The first kappa shape index (κ1) is 19.1. The van der Waals surface area contributed by atoms with Crippen LogP contribution in [-0.2, 0) is 16.6 Å². The van der Waals surface area contributed by atoms with Crippen LogP contribution in [0, 0.1) is 5.92 Å². The van der Waals surface area contributed by atoms with Crippen molar-refractivity contribution in [3.05, 3.63) is 47.6 Å². The zero-order chi connectivity index (χ0) is 19.8. The van der Waals surface area contributed by atoms with E-state index in [9.17, 15) is 9.90 Å². The molecule has 0 spiro atoms. The van der Waals surface area contributed by atoms with E-state index >= 15 is 0 Å². The molecular weight excluding hydrogens is 354 g/mol. The van der Waals surface area contributed by atoms with Gasteiger partial charge in [-0.1, -0.05) is 55.3 Å². The molecule has 1 aliphatic heterocycles. The monoisotopic (exact) mass is 383 g/mol. The Morgan fingerprint density at radius 2 is 2.18 bits per heavy atom. The molecule has 2 aromatic rings. The Kier molecular flexibility index (Phi) is 5.00. The number of aliphatic hydroxyl groups is 1. The van der Waals surface area contributed by atoms with Gasteiger partial charge in [-0.3, -0.25) is 4.79 Å². The summed E-state index contributed by atoms with van der Waals surface area (Å²) in [5, 5.41) is 14.8. The maximum atomic E-state index is 12.9. The Balaban J connectivity index is 1.54. The number of amides is 1. The first-order chi connectivity index (χ1) is 13.4. The van der Waals surface area contributed by atoms with Gasteiger partial charge in [0.25, 0.3) is 5.91 Å². The van der Waals surface area contributed by atoms with Crippen LogP contribution in [0.4, 0.5) is 0 Å². The summed E-state index contributed by atoms with van der Waals surface area (Å²) in [7, 11) is 0. The van der Waals surface area contributed by atoms with Crippen molar-refractivity contribution in [2.45, 2.75) is 63.4 Å². The van der Waals surface area contributed by atoms with Crippen molar-refractivity contribution < 1.29 is 14.4 Å². The summed E-state index contributed by atoms with van der Waals surface area (Å²) in [4.78, 5) is 19.5. The molecule has 6 heteroatoms. The SMILES string of the molecule is CCCC(C)(O)C(=O)N1C[C@H]2CCC[C@@]2(c2nc(Cc3ccccc3)no2)C1. The Bertz CT molecular complexity index is 833. The van der Waals surface area contributed by atoms with Gasteiger partial charge in [0.15, 0.2) is 5.82 Å². The predicted molar refractivity (Wildman–Crippen MR) is 105 cm³/mol. The molecule has 1 saturated carbocycles. The van der Waals surface area contributed by atoms with E-state index in [0.717, 1.165) is 31.2 Å². The molecule has 28 heavy (non-hydrogen) atoms. The van der Waals surface area contributed by atoms with Crippen LogP contribution in [0.3, 0.4) is 0 Å². The lowest BCUT2D eigenvalue weighted by Gasteiger charge is -2.29. The normalized spacial score (nSPS) is 26.2.